The quantitative estimate of drug-likeness (QED) is 0.858. The summed E-state index contributed by atoms with van der Waals surface area (Å²) in [4.78, 5) is 0. The molecule has 4 nitrogen and oxygen atoms in total. The molecule has 5 heteroatoms. The van der Waals surface area contributed by atoms with Crippen LogP contribution in [0.5, 0.6) is 5.75 Å². The number of phenols is 1. The van der Waals surface area contributed by atoms with E-state index in [-0.39, 0.29) is 5.75 Å². The Kier molecular flexibility index (Phi) is 3.44. The fourth-order valence-corrected chi connectivity index (χ4v) is 1.54. The van der Waals surface area contributed by atoms with Crippen LogP contribution in [0.1, 0.15) is 11.3 Å². The number of rotatable bonds is 4. The van der Waals surface area contributed by atoms with Crippen molar-refractivity contribution in [3.63, 3.8) is 0 Å². The van der Waals surface area contributed by atoms with E-state index in [4.69, 9.17) is 16.1 Å². The van der Waals surface area contributed by atoms with Crippen molar-refractivity contribution in [3.05, 3.63) is 46.8 Å². The predicted molar refractivity (Wildman–Crippen MR) is 60.2 cm³/mol. The minimum Gasteiger partial charge on any atom is -0.508 e. The largest absolute Gasteiger partial charge is 0.508 e. The van der Waals surface area contributed by atoms with Crippen LogP contribution in [0.4, 0.5) is 0 Å². The minimum absolute atomic E-state index is 0.233. The maximum Gasteiger partial charge on any atom is 0.124 e. The van der Waals surface area contributed by atoms with Gasteiger partial charge in [0.2, 0.25) is 0 Å². The smallest absolute Gasteiger partial charge is 0.124 e. The lowest BCUT2D eigenvalue weighted by molar-refractivity contribution is 0.408. The second-order valence-electron chi connectivity index (χ2n) is 3.37. The molecule has 1 aromatic heterocycles. The first kappa shape index (κ1) is 11.0. The average Bonchev–Trinajstić information content (AvgIpc) is 2.76. The summed E-state index contributed by atoms with van der Waals surface area (Å²) in [7, 11) is 0. The molecule has 0 amide bonds. The van der Waals surface area contributed by atoms with E-state index in [1.807, 2.05) is 0 Å². The predicted octanol–water partition coefficient (Wildman–Crippen LogP) is 2.32. The number of benzene rings is 1. The zero-order valence-electron chi connectivity index (χ0n) is 8.48. The van der Waals surface area contributed by atoms with Crippen molar-refractivity contribution in [1.82, 2.24) is 10.5 Å². The topological polar surface area (TPSA) is 58.3 Å². The molecule has 1 aromatic carbocycles. The van der Waals surface area contributed by atoms with Gasteiger partial charge in [0.25, 0.3) is 0 Å². The molecule has 0 bridgehead atoms. The number of hydrogen-bond donors (Lipinski definition) is 2. The molecular weight excluding hydrogens is 228 g/mol. The Morgan fingerprint density at radius 3 is 2.94 bits per heavy atom. The third-order valence-electron chi connectivity index (χ3n) is 2.15. The third kappa shape index (κ3) is 2.74. The Balaban J connectivity index is 1.92. The first-order valence-corrected chi connectivity index (χ1v) is 5.21. The molecule has 2 rings (SSSR count). The molecule has 0 aliphatic rings. The van der Waals surface area contributed by atoms with Crippen molar-refractivity contribution in [2.45, 2.75) is 13.1 Å². The van der Waals surface area contributed by atoms with E-state index in [0.717, 1.165) is 11.3 Å². The molecule has 2 aromatic rings. The molecule has 0 atom stereocenters. The summed E-state index contributed by atoms with van der Waals surface area (Å²) in [5, 5.41) is 17.1. The van der Waals surface area contributed by atoms with Crippen LogP contribution < -0.4 is 5.32 Å². The second kappa shape index (κ2) is 5.01. The molecule has 0 aliphatic heterocycles. The molecule has 0 saturated heterocycles. The van der Waals surface area contributed by atoms with Crippen molar-refractivity contribution >= 4 is 11.6 Å². The van der Waals surface area contributed by atoms with Gasteiger partial charge in [-0.1, -0.05) is 16.8 Å². The molecule has 0 aliphatic carbocycles. The number of hydrogen-bond acceptors (Lipinski definition) is 4. The van der Waals surface area contributed by atoms with Gasteiger partial charge in [-0.2, -0.15) is 0 Å². The number of nitrogens with zero attached hydrogens (tertiary/aromatic N) is 1. The maximum atomic E-state index is 9.56. The van der Waals surface area contributed by atoms with Crippen LogP contribution in [-0.4, -0.2) is 10.3 Å². The Morgan fingerprint density at radius 2 is 2.19 bits per heavy atom. The highest BCUT2D eigenvalue weighted by Crippen LogP contribution is 2.21. The normalized spacial score (nSPS) is 10.6. The molecule has 0 radical (unpaired) electrons. The molecule has 1 heterocycles. The lowest BCUT2D eigenvalue weighted by Crippen LogP contribution is -2.12. The van der Waals surface area contributed by atoms with Crippen molar-refractivity contribution in [2.75, 3.05) is 0 Å². The van der Waals surface area contributed by atoms with E-state index in [1.54, 1.807) is 24.3 Å². The summed E-state index contributed by atoms with van der Waals surface area (Å²) in [6.07, 6.45) is 1.52. The number of nitrogens with one attached hydrogen (secondary N) is 1. The number of phenolic OH excluding ortho intramolecular Hbond substituents is 1. The van der Waals surface area contributed by atoms with E-state index in [1.165, 1.54) is 6.26 Å². The summed E-state index contributed by atoms with van der Waals surface area (Å²) < 4.78 is 4.70. The number of aromatic nitrogens is 1. The van der Waals surface area contributed by atoms with Crippen LogP contribution in [0, 0.1) is 0 Å². The highest BCUT2D eigenvalue weighted by Gasteiger charge is 2.02. The Labute approximate surface area is 97.8 Å². The lowest BCUT2D eigenvalue weighted by atomic mass is 10.2. The van der Waals surface area contributed by atoms with Gasteiger partial charge in [0.05, 0.1) is 5.69 Å². The van der Waals surface area contributed by atoms with Crippen molar-refractivity contribution in [2.24, 2.45) is 0 Å². The van der Waals surface area contributed by atoms with Gasteiger partial charge in [-0.05, 0) is 18.2 Å². The van der Waals surface area contributed by atoms with E-state index in [0.29, 0.717) is 18.1 Å². The lowest BCUT2D eigenvalue weighted by Gasteiger charge is -2.05. The molecule has 2 N–H and O–H groups in total. The van der Waals surface area contributed by atoms with E-state index < -0.39 is 0 Å². The fourth-order valence-electron chi connectivity index (χ4n) is 1.35. The minimum atomic E-state index is 0.233. The molecule has 0 saturated carbocycles. The van der Waals surface area contributed by atoms with Crippen molar-refractivity contribution < 1.29 is 9.63 Å². The summed E-state index contributed by atoms with van der Waals surface area (Å²) >= 11 is 5.83. The van der Waals surface area contributed by atoms with Crippen LogP contribution >= 0.6 is 11.6 Å². The molecule has 84 valence electrons. The maximum absolute atomic E-state index is 9.56. The van der Waals surface area contributed by atoms with Crippen LogP contribution in [0.15, 0.2) is 35.1 Å². The first-order valence-electron chi connectivity index (χ1n) is 4.83. The molecule has 0 unspecified atom stereocenters. The third-order valence-corrected chi connectivity index (χ3v) is 2.39. The summed E-state index contributed by atoms with van der Waals surface area (Å²) in [5.41, 5.74) is 1.58. The first-order chi connectivity index (χ1) is 7.75. The zero-order chi connectivity index (χ0) is 11.4. The van der Waals surface area contributed by atoms with Gasteiger partial charge in [0.1, 0.15) is 12.0 Å². The average molecular weight is 239 g/mol. The summed E-state index contributed by atoms with van der Waals surface area (Å²) in [6.45, 7) is 1.11. The zero-order valence-corrected chi connectivity index (χ0v) is 9.24. The summed E-state index contributed by atoms with van der Waals surface area (Å²) in [6, 6.07) is 6.74. The number of aromatic hydroxyl groups is 1. The summed E-state index contributed by atoms with van der Waals surface area (Å²) in [5.74, 6) is 0.233. The van der Waals surface area contributed by atoms with Gasteiger partial charge < -0.3 is 14.9 Å². The highest BCUT2D eigenvalue weighted by molar-refractivity contribution is 6.30. The van der Waals surface area contributed by atoms with Crippen LogP contribution in [0.3, 0.4) is 0 Å². The second-order valence-corrected chi connectivity index (χ2v) is 3.80. The van der Waals surface area contributed by atoms with Crippen LogP contribution in [0.25, 0.3) is 0 Å². The van der Waals surface area contributed by atoms with Gasteiger partial charge in [-0.15, -0.1) is 0 Å². The fraction of sp³-hybridized carbons (Fsp3) is 0.182. The van der Waals surface area contributed by atoms with Crippen molar-refractivity contribution in [1.29, 1.82) is 0 Å². The van der Waals surface area contributed by atoms with Crippen LogP contribution in [-0.2, 0) is 13.1 Å². The van der Waals surface area contributed by atoms with E-state index in [9.17, 15) is 5.11 Å². The van der Waals surface area contributed by atoms with Crippen LogP contribution in [0.2, 0.25) is 5.02 Å². The van der Waals surface area contributed by atoms with Crippen molar-refractivity contribution in [3.8, 4) is 5.75 Å². The molecule has 16 heavy (non-hydrogen) atoms. The van der Waals surface area contributed by atoms with Gasteiger partial charge in [0, 0.05) is 29.7 Å². The number of halogens is 1. The molecule has 0 spiro atoms. The Bertz CT molecular complexity index is 457. The van der Waals surface area contributed by atoms with Gasteiger partial charge in [-0.25, -0.2) is 0 Å². The monoisotopic (exact) mass is 238 g/mol. The van der Waals surface area contributed by atoms with Gasteiger partial charge in [0.15, 0.2) is 0 Å². The molecule has 0 fully saturated rings. The van der Waals surface area contributed by atoms with E-state index in [2.05, 4.69) is 10.5 Å². The standard InChI is InChI=1S/C11H11ClN2O2/c12-9-1-2-11(15)8(5-9)6-13-7-10-3-4-16-14-10/h1-5,13,15H,6-7H2. The SMILES string of the molecule is Oc1ccc(Cl)cc1CNCc1ccon1. The Hall–Kier alpha value is -1.52. The highest BCUT2D eigenvalue weighted by atomic mass is 35.5. The Morgan fingerprint density at radius 1 is 1.31 bits per heavy atom. The molecular formula is C11H11ClN2O2. The van der Waals surface area contributed by atoms with Gasteiger partial charge in [-0.3, -0.25) is 0 Å². The van der Waals surface area contributed by atoms with E-state index >= 15 is 0 Å². The van der Waals surface area contributed by atoms with Gasteiger partial charge >= 0.3 is 0 Å².